The third kappa shape index (κ3) is 3.65. The van der Waals surface area contributed by atoms with E-state index in [2.05, 4.69) is 15.0 Å². The minimum atomic E-state index is 0.0474. The Hall–Kier alpha value is -2.84. The molecule has 0 aliphatic carbocycles. The highest BCUT2D eigenvalue weighted by Gasteiger charge is 2.18. The van der Waals surface area contributed by atoms with Crippen LogP contribution in [-0.4, -0.2) is 15.0 Å². The Morgan fingerprint density at radius 1 is 1.08 bits per heavy atom. The van der Waals surface area contributed by atoms with Gasteiger partial charge >= 0.3 is 0 Å². The molecule has 0 aromatic carbocycles. The summed E-state index contributed by atoms with van der Waals surface area (Å²) in [6, 6.07) is 9.12. The first kappa shape index (κ1) is 17.0. The molecule has 0 saturated carbocycles. The number of hydrogen-bond donors (Lipinski definition) is 3. The molecule has 0 aliphatic heterocycles. The molecule has 0 radical (unpaired) electrons. The van der Waals surface area contributed by atoms with Crippen molar-refractivity contribution < 1.29 is 4.42 Å². The molecule has 0 atom stereocenters. The molecule has 6 N–H and O–H groups in total. The summed E-state index contributed by atoms with van der Waals surface area (Å²) in [6.07, 6.45) is 0. The number of nitrogen functional groups attached to an aromatic ring is 2. The van der Waals surface area contributed by atoms with Gasteiger partial charge in [0.1, 0.15) is 17.1 Å². The number of aryl methyl sites for hydroxylation is 1. The van der Waals surface area contributed by atoms with Gasteiger partial charge in [-0.15, -0.1) is 11.6 Å². The van der Waals surface area contributed by atoms with Gasteiger partial charge in [0.15, 0.2) is 11.6 Å². The van der Waals surface area contributed by atoms with Crippen LogP contribution in [0.2, 0.25) is 0 Å². The largest absolute Gasteiger partial charge is 0.460 e. The van der Waals surface area contributed by atoms with Gasteiger partial charge in [0, 0.05) is 0 Å². The summed E-state index contributed by atoms with van der Waals surface area (Å²) in [5, 5.41) is 1.37. The highest BCUT2D eigenvalue weighted by Crippen LogP contribution is 2.32. The van der Waals surface area contributed by atoms with Crippen molar-refractivity contribution in [2.45, 2.75) is 19.3 Å². The maximum absolute atomic E-state index is 6.20. The van der Waals surface area contributed by atoms with Crippen molar-refractivity contribution in [1.29, 1.82) is 0 Å². The fourth-order valence-corrected chi connectivity index (χ4v) is 2.53. The molecule has 0 unspecified atom stereocenters. The number of anilines is 3. The minimum Gasteiger partial charge on any atom is -0.460 e. The minimum absolute atomic E-state index is 0.0474. The third-order valence-corrected chi connectivity index (χ3v) is 3.80. The molecular formula is C16H18ClN7O. The van der Waals surface area contributed by atoms with Crippen LogP contribution in [0.3, 0.4) is 0 Å². The topological polar surface area (TPSA) is 133 Å². The zero-order valence-corrected chi connectivity index (χ0v) is 14.4. The molecule has 0 saturated heterocycles. The third-order valence-electron chi connectivity index (χ3n) is 3.52. The molecule has 0 fully saturated rings. The lowest BCUT2D eigenvalue weighted by atomic mass is 10.2. The van der Waals surface area contributed by atoms with E-state index < -0.39 is 0 Å². The molecule has 3 aromatic rings. The fraction of sp³-hybridized carbons (Fsp3) is 0.188. The summed E-state index contributed by atoms with van der Waals surface area (Å²) in [6.45, 7) is 2.11. The number of nitrogens with zero attached hydrogens (tertiary/aromatic N) is 4. The Morgan fingerprint density at radius 3 is 2.52 bits per heavy atom. The first-order valence-corrected chi connectivity index (χ1v) is 8.04. The number of hydrogen-bond acceptors (Lipinski definition) is 8. The van der Waals surface area contributed by atoms with Crippen LogP contribution < -0.4 is 22.3 Å². The number of nitrogens with two attached hydrogens (primary N) is 3. The number of furan rings is 1. The quantitative estimate of drug-likeness (QED) is 0.358. The highest BCUT2D eigenvalue weighted by molar-refractivity contribution is 6.16. The van der Waals surface area contributed by atoms with Crippen LogP contribution in [0.15, 0.2) is 34.7 Å². The standard InChI is InChI=1S/C16H18ClN7O/c1-9-5-6-12(25-9)14-13(18)15(23-16(19)22-14)24(20)8-11-4-2-3-10(7-17)21-11/h2-6H,7-8,18,20H2,1H3,(H2,19,22,23). The van der Waals surface area contributed by atoms with E-state index in [1.807, 2.05) is 31.2 Å². The van der Waals surface area contributed by atoms with E-state index in [4.69, 9.17) is 33.3 Å². The number of halogens is 1. The normalized spacial score (nSPS) is 10.8. The van der Waals surface area contributed by atoms with Gasteiger partial charge in [-0.1, -0.05) is 6.07 Å². The number of alkyl halides is 1. The van der Waals surface area contributed by atoms with Gasteiger partial charge in [-0.25, -0.2) is 10.8 Å². The number of rotatable bonds is 5. The Morgan fingerprint density at radius 2 is 1.84 bits per heavy atom. The van der Waals surface area contributed by atoms with E-state index in [0.717, 1.165) is 17.1 Å². The molecule has 9 heteroatoms. The molecule has 130 valence electrons. The van der Waals surface area contributed by atoms with Gasteiger partial charge in [-0.3, -0.25) is 9.99 Å². The van der Waals surface area contributed by atoms with Crippen molar-refractivity contribution >= 4 is 29.1 Å². The van der Waals surface area contributed by atoms with Gasteiger partial charge in [0.05, 0.1) is 23.8 Å². The van der Waals surface area contributed by atoms with E-state index in [1.165, 1.54) is 5.01 Å². The molecule has 0 amide bonds. The zero-order valence-electron chi connectivity index (χ0n) is 13.6. The molecule has 3 aromatic heterocycles. The maximum atomic E-state index is 6.20. The molecule has 0 aliphatic rings. The van der Waals surface area contributed by atoms with Crippen molar-refractivity contribution in [3.05, 3.63) is 47.5 Å². The summed E-state index contributed by atoms with van der Waals surface area (Å²) in [4.78, 5) is 12.7. The smallest absolute Gasteiger partial charge is 0.222 e. The predicted octanol–water partition coefficient (Wildman–Crippen LogP) is 2.22. The number of pyridine rings is 1. The van der Waals surface area contributed by atoms with Gasteiger partial charge < -0.3 is 15.9 Å². The lowest BCUT2D eigenvalue weighted by molar-refractivity contribution is 0.546. The van der Waals surface area contributed by atoms with Crippen molar-refractivity contribution in [3.8, 4) is 11.5 Å². The van der Waals surface area contributed by atoms with E-state index in [-0.39, 0.29) is 18.2 Å². The van der Waals surface area contributed by atoms with E-state index in [1.54, 1.807) is 6.07 Å². The second-order valence-electron chi connectivity index (χ2n) is 5.46. The molecule has 25 heavy (non-hydrogen) atoms. The predicted molar refractivity (Wildman–Crippen MR) is 97.5 cm³/mol. The Bertz CT molecular complexity index is 896. The van der Waals surface area contributed by atoms with Crippen LogP contribution in [-0.2, 0) is 12.4 Å². The van der Waals surface area contributed by atoms with Crippen molar-refractivity contribution in [3.63, 3.8) is 0 Å². The number of aromatic nitrogens is 3. The Kier molecular flexibility index (Phi) is 4.73. The summed E-state index contributed by atoms with van der Waals surface area (Å²) < 4.78 is 5.58. The second kappa shape index (κ2) is 6.96. The van der Waals surface area contributed by atoms with E-state index in [0.29, 0.717) is 23.2 Å². The molecular weight excluding hydrogens is 342 g/mol. The lowest BCUT2D eigenvalue weighted by Crippen LogP contribution is -2.32. The second-order valence-corrected chi connectivity index (χ2v) is 5.73. The summed E-state index contributed by atoms with van der Waals surface area (Å²) >= 11 is 5.81. The highest BCUT2D eigenvalue weighted by atomic mass is 35.5. The van der Waals surface area contributed by atoms with Crippen molar-refractivity contribution in [1.82, 2.24) is 15.0 Å². The lowest BCUT2D eigenvalue weighted by Gasteiger charge is -2.20. The monoisotopic (exact) mass is 359 g/mol. The van der Waals surface area contributed by atoms with Gasteiger partial charge in [-0.2, -0.15) is 4.98 Å². The van der Waals surface area contributed by atoms with Crippen LogP contribution in [0.4, 0.5) is 17.5 Å². The van der Waals surface area contributed by atoms with Crippen molar-refractivity contribution in [2.24, 2.45) is 5.84 Å². The fourth-order valence-electron chi connectivity index (χ4n) is 2.38. The van der Waals surface area contributed by atoms with E-state index in [9.17, 15) is 0 Å². The van der Waals surface area contributed by atoms with E-state index >= 15 is 0 Å². The molecule has 8 nitrogen and oxygen atoms in total. The maximum Gasteiger partial charge on any atom is 0.222 e. The molecule has 0 spiro atoms. The van der Waals surface area contributed by atoms with Gasteiger partial charge in [-0.05, 0) is 31.2 Å². The zero-order chi connectivity index (χ0) is 18.0. The van der Waals surface area contributed by atoms with Crippen LogP contribution in [0.25, 0.3) is 11.5 Å². The SMILES string of the molecule is Cc1ccc(-c2nc(N)nc(N(N)Cc3cccc(CCl)n3)c2N)o1. The van der Waals surface area contributed by atoms with Crippen molar-refractivity contribution in [2.75, 3.05) is 16.5 Å². The van der Waals surface area contributed by atoms with Crippen LogP contribution in [0.5, 0.6) is 0 Å². The van der Waals surface area contributed by atoms with Gasteiger partial charge in [0.2, 0.25) is 5.95 Å². The van der Waals surface area contributed by atoms with Crippen LogP contribution in [0.1, 0.15) is 17.1 Å². The Labute approximate surface area is 149 Å². The average molecular weight is 360 g/mol. The molecule has 3 heterocycles. The van der Waals surface area contributed by atoms with Crippen LogP contribution in [0, 0.1) is 6.92 Å². The first-order valence-electron chi connectivity index (χ1n) is 7.50. The summed E-state index contributed by atoms with van der Waals surface area (Å²) in [5.74, 6) is 8.05. The summed E-state index contributed by atoms with van der Waals surface area (Å²) in [7, 11) is 0. The molecule has 3 rings (SSSR count). The molecule has 0 bridgehead atoms. The number of hydrazine groups is 1. The summed E-state index contributed by atoms with van der Waals surface area (Å²) in [5.41, 5.74) is 14.2. The van der Waals surface area contributed by atoms with Gasteiger partial charge in [0.25, 0.3) is 0 Å². The van der Waals surface area contributed by atoms with Crippen LogP contribution >= 0.6 is 11.6 Å². The average Bonchev–Trinajstić information content (AvgIpc) is 3.03. The Balaban J connectivity index is 1.94. The first-order chi connectivity index (χ1) is 12.0.